The van der Waals surface area contributed by atoms with Crippen LogP contribution in [0.5, 0.6) is 0 Å². The van der Waals surface area contributed by atoms with E-state index < -0.39 is 0 Å². The number of fused-ring (bicyclic) bond motifs is 1. The molecule has 5 heteroatoms. The monoisotopic (exact) mass is 405 g/mol. The molecule has 3 aromatic rings. The lowest BCUT2D eigenvalue weighted by Crippen LogP contribution is -1.98. The summed E-state index contributed by atoms with van der Waals surface area (Å²) in [6.45, 7) is 4.15. The molecule has 0 radical (unpaired) electrons. The largest absolute Gasteiger partial charge is 0.324 e. The molecular formula is C16H13Br2N3. The van der Waals surface area contributed by atoms with Gasteiger partial charge in [0.1, 0.15) is 0 Å². The van der Waals surface area contributed by atoms with Gasteiger partial charge < -0.3 is 5.32 Å². The fraction of sp³-hybridized carbons (Fsp3) is 0.125. The summed E-state index contributed by atoms with van der Waals surface area (Å²) in [6, 6.07) is 10.3. The SMILES string of the molecule is Cc1cc(C)cc(Nc2ncc3cc(Br)cc(Br)c3n2)c1. The summed E-state index contributed by atoms with van der Waals surface area (Å²) in [4.78, 5) is 8.96. The molecule has 0 aliphatic carbocycles. The molecule has 0 aliphatic rings. The molecule has 0 unspecified atom stereocenters. The number of aryl methyl sites for hydroxylation is 2. The standard InChI is InChI=1S/C16H13Br2N3/c1-9-3-10(2)5-13(4-9)20-16-19-8-11-6-12(17)7-14(18)15(11)21-16/h3-8H,1-2H3,(H,19,20,21). The molecule has 1 heterocycles. The fourth-order valence-corrected chi connectivity index (χ4v) is 3.65. The number of benzene rings is 2. The lowest BCUT2D eigenvalue weighted by molar-refractivity contribution is 1.20. The lowest BCUT2D eigenvalue weighted by Gasteiger charge is -2.08. The molecule has 0 amide bonds. The highest BCUT2D eigenvalue weighted by atomic mass is 79.9. The highest BCUT2D eigenvalue weighted by Gasteiger charge is 2.06. The molecule has 0 saturated carbocycles. The van der Waals surface area contributed by atoms with E-state index in [1.807, 2.05) is 18.3 Å². The number of anilines is 2. The summed E-state index contributed by atoms with van der Waals surface area (Å²) in [6.07, 6.45) is 1.82. The van der Waals surface area contributed by atoms with E-state index in [-0.39, 0.29) is 0 Å². The quantitative estimate of drug-likeness (QED) is 0.609. The minimum atomic E-state index is 0.593. The van der Waals surface area contributed by atoms with Crippen molar-refractivity contribution < 1.29 is 0 Å². The van der Waals surface area contributed by atoms with Gasteiger partial charge in [0, 0.05) is 26.2 Å². The van der Waals surface area contributed by atoms with Gasteiger partial charge in [-0.15, -0.1) is 0 Å². The Morgan fingerprint density at radius 3 is 2.38 bits per heavy atom. The topological polar surface area (TPSA) is 37.8 Å². The molecule has 0 atom stereocenters. The van der Waals surface area contributed by atoms with Gasteiger partial charge in [-0.05, 0) is 65.2 Å². The number of hydrogen-bond donors (Lipinski definition) is 1. The van der Waals surface area contributed by atoms with Gasteiger partial charge in [-0.2, -0.15) is 0 Å². The van der Waals surface area contributed by atoms with Crippen LogP contribution >= 0.6 is 31.9 Å². The number of rotatable bonds is 2. The molecule has 2 aromatic carbocycles. The Bertz CT molecular complexity index is 811. The minimum Gasteiger partial charge on any atom is -0.324 e. The van der Waals surface area contributed by atoms with Crippen molar-refractivity contribution in [3.63, 3.8) is 0 Å². The Morgan fingerprint density at radius 2 is 1.67 bits per heavy atom. The van der Waals surface area contributed by atoms with Crippen molar-refractivity contribution in [2.75, 3.05) is 5.32 Å². The van der Waals surface area contributed by atoms with E-state index in [0.717, 1.165) is 25.5 Å². The van der Waals surface area contributed by atoms with E-state index in [1.54, 1.807) is 0 Å². The van der Waals surface area contributed by atoms with Gasteiger partial charge in [-0.3, -0.25) is 0 Å². The highest BCUT2D eigenvalue weighted by Crippen LogP contribution is 2.28. The third-order valence-corrected chi connectivity index (χ3v) is 4.14. The van der Waals surface area contributed by atoms with Crippen LogP contribution in [0.4, 0.5) is 11.6 Å². The third-order valence-electron chi connectivity index (χ3n) is 3.08. The molecule has 1 N–H and O–H groups in total. The predicted molar refractivity (Wildman–Crippen MR) is 94.1 cm³/mol. The Hall–Kier alpha value is -1.46. The maximum atomic E-state index is 4.58. The van der Waals surface area contributed by atoms with Gasteiger partial charge in [-0.1, -0.05) is 22.0 Å². The highest BCUT2D eigenvalue weighted by molar-refractivity contribution is 9.11. The summed E-state index contributed by atoms with van der Waals surface area (Å²) in [5.41, 5.74) is 4.31. The average molecular weight is 407 g/mol. The normalized spacial score (nSPS) is 10.9. The molecule has 3 rings (SSSR count). The van der Waals surface area contributed by atoms with Crippen LogP contribution in [0.25, 0.3) is 10.9 Å². The average Bonchev–Trinajstić information content (AvgIpc) is 2.38. The predicted octanol–water partition coefficient (Wildman–Crippen LogP) is 5.52. The van der Waals surface area contributed by atoms with Crippen molar-refractivity contribution in [1.29, 1.82) is 0 Å². The van der Waals surface area contributed by atoms with E-state index in [0.29, 0.717) is 5.95 Å². The molecule has 106 valence electrons. The zero-order chi connectivity index (χ0) is 15.0. The first-order chi connectivity index (χ1) is 10.0. The summed E-state index contributed by atoms with van der Waals surface area (Å²) in [5, 5.41) is 4.25. The number of aromatic nitrogens is 2. The molecular weight excluding hydrogens is 394 g/mol. The number of nitrogens with one attached hydrogen (secondary N) is 1. The first kappa shape index (κ1) is 14.5. The Balaban J connectivity index is 2.01. The molecule has 0 bridgehead atoms. The number of halogens is 2. The van der Waals surface area contributed by atoms with Gasteiger partial charge >= 0.3 is 0 Å². The fourth-order valence-electron chi connectivity index (χ4n) is 2.30. The first-order valence-electron chi connectivity index (χ1n) is 6.48. The van der Waals surface area contributed by atoms with Crippen LogP contribution in [0, 0.1) is 13.8 Å². The van der Waals surface area contributed by atoms with E-state index in [1.165, 1.54) is 11.1 Å². The molecule has 0 saturated heterocycles. The maximum Gasteiger partial charge on any atom is 0.227 e. The van der Waals surface area contributed by atoms with Gasteiger partial charge in [0.2, 0.25) is 5.95 Å². The number of hydrogen-bond acceptors (Lipinski definition) is 3. The summed E-state index contributed by atoms with van der Waals surface area (Å²) >= 11 is 7.01. The van der Waals surface area contributed by atoms with Crippen LogP contribution in [0.1, 0.15) is 11.1 Å². The van der Waals surface area contributed by atoms with Gasteiger partial charge in [-0.25, -0.2) is 9.97 Å². The first-order valence-corrected chi connectivity index (χ1v) is 8.07. The van der Waals surface area contributed by atoms with Crippen molar-refractivity contribution in [1.82, 2.24) is 9.97 Å². The number of nitrogens with zero attached hydrogens (tertiary/aromatic N) is 2. The lowest BCUT2D eigenvalue weighted by atomic mass is 10.1. The van der Waals surface area contributed by atoms with Gasteiger partial charge in [0.05, 0.1) is 5.52 Å². The summed E-state index contributed by atoms with van der Waals surface area (Å²) in [5.74, 6) is 0.593. The van der Waals surface area contributed by atoms with Crippen LogP contribution in [-0.4, -0.2) is 9.97 Å². The van der Waals surface area contributed by atoms with Crippen molar-refractivity contribution >= 4 is 54.4 Å². The third kappa shape index (κ3) is 3.24. The van der Waals surface area contributed by atoms with Gasteiger partial charge in [0.25, 0.3) is 0 Å². The maximum absolute atomic E-state index is 4.58. The Labute approximate surface area is 140 Å². The van der Waals surface area contributed by atoms with E-state index in [2.05, 4.69) is 79.2 Å². The Morgan fingerprint density at radius 1 is 0.952 bits per heavy atom. The van der Waals surface area contributed by atoms with E-state index >= 15 is 0 Å². The zero-order valence-corrected chi connectivity index (χ0v) is 14.8. The molecule has 21 heavy (non-hydrogen) atoms. The summed E-state index contributed by atoms with van der Waals surface area (Å²) in [7, 11) is 0. The van der Waals surface area contributed by atoms with Crippen molar-refractivity contribution in [3.8, 4) is 0 Å². The van der Waals surface area contributed by atoms with Crippen LogP contribution in [0.2, 0.25) is 0 Å². The molecule has 3 nitrogen and oxygen atoms in total. The second-order valence-corrected chi connectivity index (χ2v) is 6.79. The Kier molecular flexibility index (Phi) is 3.95. The van der Waals surface area contributed by atoms with E-state index in [4.69, 9.17) is 0 Å². The van der Waals surface area contributed by atoms with E-state index in [9.17, 15) is 0 Å². The van der Waals surface area contributed by atoms with Crippen LogP contribution in [0.15, 0.2) is 45.5 Å². The zero-order valence-electron chi connectivity index (χ0n) is 11.6. The minimum absolute atomic E-state index is 0.593. The molecule has 1 aromatic heterocycles. The van der Waals surface area contributed by atoms with Crippen LogP contribution in [0.3, 0.4) is 0 Å². The van der Waals surface area contributed by atoms with Gasteiger partial charge in [0.15, 0.2) is 0 Å². The smallest absolute Gasteiger partial charge is 0.227 e. The second-order valence-electron chi connectivity index (χ2n) is 5.02. The van der Waals surface area contributed by atoms with Crippen molar-refractivity contribution in [2.45, 2.75) is 13.8 Å². The van der Waals surface area contributed by atoms with Crippen LogP contribution < -0.4 is 5.32 Å². The molecule has 0 fully saturated rings. The summed E-state index contributed by atoms with van der Waals surface area (Å²) < 4.78 is 1.94. The van der Waals surface area contributed by atoms with Crippen LogP contribution in [-0.2, 0) is 0 Å². The molecule has 0 aliphatic heterocycles. The second kappa shape index (κ2) is 5.73. The van der Waals surface area contributed by atoms with Crippen molar-refractivity contribution in [3.05, 3.63) is 56.6 Å². The van der Waals surface area contributed by atoms with Crippen molar-refractivity contribution in [2.24, 2.45) is 0 Å². The molecule has 0 spiro atoms.